The molecule has 0 aliphatic heterocycles. The average molecular weight is 516 g/mol. The minimum atomic E-state index is 0.976. The van der Waals surface area contributed by atoms with Gasteiger partial charge in [0.2, 0.25) is 0 Å². The van der Waals surface area contributed by atoms with Crippen molar-refractivity contribution in [2.24, 2.45) is 0 Å². The third-order valence-corrected chi connectivity index (χ3v) is 8.03. The fourth-order valence-corrected chi connectivity index (χ4v) is 5.57. The molecule has 1 heteroatoms. The predicted octanol–water partition coefficient (Wildman–Crippen LogP) is 10.7. The highest BCUT2D eigenvalue weighted by molar-refractivity contribution is 5.81. The number of aromatic nitrogens is 1. The molecule has 1 nitrogen and oxygen atoms in total. The van der Waals surface area contributed by atoms with Crippen molar-refractivity contribution in [3.05, 3.63) is 150 Å². The summed E-state index contributed by atoms with van der Waals surface area (Å²) in [4.78, 5) is 5.18. The summed E-state index contributed by atoms with van der Waals surface area (Å²) in [7, 11) is 0. The average Bonchev–Trinajstić information content (AvgIpc) is 3.01. The highest BCUT2D eigenvalue weighted by Gasteiger charge is 2.14. The van der Waals surface area contributed by atoms with Gasteiger partial charge in [0.1, 0.15) is 0 Å². The Morgan fingerprint density at radius 2 is 0.800 bits per heavy atom. The lowest BCUT2D eigenvalue weighted by Gasteiger charge is -2.17. The van der Waals surface area contributed by atoms with E-state index in [0.717, 1.165) is 28.1 Å². The molecule has 6 rings (SSSR count). The van der Waals surface area contributed by atoms with E-state index in [1.807, 2.05) is 0 Å². The summed E-state index contributed by atoms with van der Waals surface area (Å²) in [5.74, 6) is 0. The lowest BCUT2D eigenvalue weighted by Crippen LogP contribution is -1.96. The van der Waals surface area contributed by atoms with Crippen LogP contribution in [0.4, 0.5) is 0 Å². The molecule has 1 heterocycles. The SMILES string of the molecule is Cc1cc(C)c(C)c(-c2cccc(-c3cc(-c4ccc(-c5ccccc5)cc4)cc(-c4ccccc4)n3)c2)c1C. The fourth-order valence-electron chi connectivity index (χ4n) is 5.57. The van der Waals surface area contributed by atoms with Gasteiger partial charge in [0, 0.05) is 11.1 Å². The molecule has 0 N–H and O–H groups in total. The third-order valence-electron chi connectivity index (χ3n) is 8.03. The number of hydrogen-bond donors (Lipinski definition) is 0. The minimum absolute atomic E-state index is 0.976. The molecule has 0 saturated carbocycles. The molecule has 0 amide bonds. The highest BCUT2D eigenvalue weighted by Crippen LogP contribution is 2.36. The molecule has 0 saturated heterocycles. The quantitative estimate of drug-likeness (QED) is 0.222. The topological polar surface area (TPSA) is 12.9 Å². The Kier molecular flexibility index (Phi) is 6.88. The molecule has 0 bridgehead atoms. The molecule has 0 aliphatic carbocycles. The van der Waals surface area contributed by atoms with Crippen molar-refractivity contribution in [1.29, 1.82) is 0 Å². The van der Waals surface area contributed by atoms with Crippen molar-refractivity contribution in [1.82, 2.24) is 4.98 Å². The van der Waals surface area contributed by atoms with Crippen molar-refractivity contribution < 1.29 is 0 Å². The van der Waals surface area contributed by atoms with Crippen molar-refractivity contribution >= 4 is 0 Å². The first-order chi connectivity index (χ1) is 19.5. The van der Waals surface area contributed by atoms with E-state index in [-0.39, 0.29) is 0 Å². The van der Waals surface area contributed by atoms with Crippen molar-refractivity contribution in [2.45, 2.75) is 27.7 Å². The van der Waals surface area contributed by atoms with Gasteiger partial charge in [-0.05, 0) is 102 Å². The predicted molar refractivity (Wildman–Crippen MR) is 170 cm³/mol. The van der Waals surface area contributed by atoms with Crippen LogP contribution in [-0.2, 0) is 0 Å². The Bertz CT molecular complexity index is 1770. The number of pyridine rings is 1. The number of nitrogens with zero attached hydrogens (tertiary/aromatic N) is 1. The van der Waals surface area contributed by atoms with Crippen LogP contribution in [0.25, 0.3) is 55.9 Å². The Labute approximate surface area is 237 Å². The summed E-state index contributed by atoms with van der Waals surface area (Å²) in [5, 5.41) is 0. The summed E-state index contributed by atoms with van der Waals surface area (Å²) in [6.45, 7) is 8.87. The van der Waals surface area contributed by atoms with Crippen LogP contribution in [0, 0.1) is 27.7 Å². The van der Waals surface area contributed by atoms with Gasteiger partial charge in [-0.1, -0.05) is 109 Å². The molecule has 0 aliphatic rings. The summed E-state index contributed by atoms with van der Waals surface area (Å²) < 4.78 is 0. The molecule has 0 atom stereocenters. The first kappa shape index (κ1) is 25.5. The molecule has 0 unspecified atom stereocenters. The molecular formula is C39H33N. The Morgan fingerprint density at radius 3 is 1.40 bits per heavy atom. The van der Waals surface area contributed by atoms with Gasteiger partial charge in [-0.25, -0.2) is 4.98 Å². The molecule has 194 valence electrons. The highest BCUT2D eigenvalue weighted by atomic mass is 14.7. The normalized spacial score (nSPS) is 11.0. The molecule has 0 fully saturated rings. The lowest BCUT2D eigenvalue weighted by atomic mass is 9.88. The molecule has 6 aromatic rings. The lowest BCUT2D eigenvalue weighted by molar-refractivity contribution is 1.24. The van der Waals surface area contributed by atoms with E-state index in [4.69, 9.17) is 4.98 Å². The van der Waals surface area contributed by atoms with Crippen molar-refractivity contribution in [3.63, 3.8) is 0 Å². The van der Waals surface area contributed by atoms with Gasteiger partial charge in [0.05, 0.1) is 11.4 Å². The van der Waals surface area contributed by atoms with Crippen LogP contribution in [0.1, 0.15) is 22.3 Å². The summed E-state index contributed by atoms with van der Waals surface area (Å²) >= 11 is 0. The second-order valence-electron chi connectivity index (χ2n) is 10.7. The Hall–Kier alpha value is -4.75. The summed E-state index contributed by atoms with van der Waals surface area (Å²) in [5.41, 5.74) is 16.9. The second kappa shape index (κ2) is 10.8. The van der Waals surface area contributed by atoms with E-state index in [2.05, 4.69) is 155 Å². The molecule has 0 spiro atoms. The zero-order chi connectivity index (χ0) is 27.6. The van der Waals surface area contributed by atoms with Crippen LogP contribution < -0.4 is 0 Å². The van der Waals surface area contributed by atoms with E-state index < -0.39 is 0 Å². The second-order valence-corrected chi connectivity index (χ2v) is 10.7. The van der Waals surface area contributed by atoms with Crippen molar-refractivity contribution in [3.8, 4) is 55.9 Å². The maximum Gasteiger partial charge on any atom is 0.0715 e. The van der Waals surface area contributed by atoms with E-state index in [0.29, 0.717) is 0 Å². The van der Waals surface area contributed by atoms with Gasteiger partial charge < -0.3 is 0 Å². The number of rotatable bonds is 5. The van der Waals surface area contributed by atoms with Crippen molar-refractivity contribution in [2.75, 3.05) is 0 Å². The van der Waals surface area contributed by atoms with Gasteiger partial charge in [-0.2, -0.15) is 0 Å². The van der Waals surface area contributed by atoms with Gasteiger partial charge in [-0.15, -0.1) is 0 Å². The van der Waals surface area contributed by atoms with Crippen LogP contribution in [0.3, 0.4) is 0 Å². The molecule has 40 heavy (non-hydrogen) atoms. The van der Waals surface area contributed by atoms with Crippen LogP contribution in [-0.4, -0.2) is 4.98 Å². The smallest absolute Gasteiger partial charge is 0.0715 e. The summed E-state index contributed by atoms with van der Waals surface area (Å²) in [6, 6.07) is 45.4. The Morgan fingerprint density at radius 1 is 0.350 bits per heavy atom. The number of benzene rings is 5. The number of hydrogen-bond acceptors (Lipinski definition) is 1. The fraction of sp³-hybridized carbons (Fsp3) is 0.103. The summed E-state index contributed by atoms with van der Waals surface area (Å²) in [6.07, 6.45) is 0. The van der Waals surface area contributed by atoms with E-state index in [1.165, 1.54) is 50.1 Å². The minimum Gasteiger partial charge on any atom is -0.248 e. The zero-order valence-electron chi connectivity index (χ0n) is 23.6. The largest absolute Gasteiger partial charge is 0.248 e. The van der Waals surface area contributed by atoms with Gasteiger partial charge in [0.15, 0.2) is 0 Å². The van der Waals surface area contributed by atoms with Gasteiger partial charge >= 0.3 is 0 Å². The molecule has 5 aromatic carbocycles. The van der Waals surface area contributed by atoms with Gasteiger partial charge in [-0.3, -0.25) is 0 Å². The maximum absolute atomic E-state index is 5.18. The maximum atomic E-state index is 5.18. The third kappa shape index (κ3) is 4.99. The van der Waals surface area contributed by atoms with Crippen LogP contribution in [0.2, 0.25) is 0 Å². The van der Waals surface area contributed by atoms with Crippen LogP contribution in [0.15, 0.2) is 127 Å². The molecule has 0 radical (unpaired) electrons. The van der Waals surface area contributed by atoms with Gasteiger partial charge in [0.25, 0.3) is 0 Å². The van der Waals surface area contributed by atoms with Crippen LogP contribution >= 0.6 is 0 Å². The van der Waals surface area contributed by atoms with E-state index >= 15 is 0 Å². The first-order valence-corrected chi connectivity index (χ1v) is 13.9. The van der Waals surface area contributed by atoms with E-state index in [9.17, 15) is 0 Å². The number of aryl methyl sites for hydroxylation is 2. The first-order valence-electron chi connectivity index (χ1n) is 13.9. The van der Waals surface area contributed by atoms with E-state index in [1.54, 1.807) is 0 Å². The zero-order valence-corrected chi connectivity index (χ0v) is 23.6. The Balaban J connectivity index is 1.48. The van der Waals surface area contributed by atoms with Crippen LogP contribution in [0.5, 0.6) is 0 Å². The molecule has 1 aromatic heterocycles. The standard InChI is InChI=1S/C39H33N/c1-26-22-27(2)29(4)39(28(26)3)35-17-11-16-34(23-35)38-25-36(24-37(40-38)33-14-9-6-10-15-33)32-20-18-31(19-21-32)30-12-7-5-8-13-30/h5-25H,1-4H3. The monoisotopic (exact) mass is 515 g/mol. The molecular weight excluding hydrogens is 482 g/mol.